The Labute approximate surface area is 164 Å². The maximum atomic E-state index is 12.3. The number of allylic oxidation sites excluding steroid dienone is 1. The van der Waals surface area contributed by atoms with E-state index < -0.39 is 0 Å². The lowest BCUT2D eigenvalue weighted by molar-refractivity contribution is -0.214. The van der Waals surface area contributed by atoms with Crippen LogP contribution in [0, 0.1) is 34.5 Å². The van der Waals surface area contributed by atoms with Crippen LogP contribution >= 0.6 is 0 Å². The normalized spacial score (nSPS) is 49.0. The van der Waals surface area contributed by atoms with Gasteiger partial charge in [-0.15, -0.1) is 0 Å². The first-order valence-electron chi connectivity index (χ1n) is 11.3. The molecule has 4 aliphatic carbocycles. The number of ether oxygens (including phenoxy) is 2. The highest BCUT2D eigenvalue weighted by Gasteiger charge is 2.63. The van der Waals surface area contributed by atoms with Crippen LogP contribution in [0.15, 0.2) is 11.1 Å². The summed E-state index contributed by atoms with van der Waals surface area (Å²) >= 11 is 0. The van der Waals surface area contributed by atoms with Crippen molar-refractivity contribution in [2.24, 2.45) is 34.5 Å². The number of hydrogen-bond donors (Lipinski definition) is 0. The summed E-state index contributed by atoms with van der Waals surface area (Å²) < 4.78 is 12.3. The van der Waals surface area contributed by atoms with Crippen molar-refractivity contribution in [2.45, 2.75) is 84.8 Å². The number of carbonyl (C=O) groups is 1. The minimum Gasteiger partial charge on any atom is -0.348 e. The number of ketones is 1. The maximum absolute atomic E-state index is 12.3. The molecule has 0 aromatic rings. The first kappa shape index (κ1) is 18.4. The van der Waals surface area contributed by atoms with Crippen molar-refractivity contribution >= 4 is 5.78 Å². The van der Waals surface area contributed by atoms with E-state index >= 15 is 0 Å². The summed E-state index contributed by atoms with van der Waals surface area (Å²) in [5, 5.41) is 0. The molecule has 5 rings (SSSR count). The molecular weight excluding hydrogens is 336 g/mol. The SMILES string of the molecule is CC1=C2CC[C@H]3[C@@H]4CC[C@H](C5(C)OCCO5)[C@@]4(C)CC[C@@H]3[C@@]2(C)CCC1=O. The third-order valence-corrected chi connectivity index (χ3v) is 9.91. The average Bonchev–Trinajstić information content (AvgIpc) is 3.22. The van der Waals surface area contributed by atoms with Crippen LogP contribution in [0.3, 0.4) is 0 Å². The fourth-order valence-corrected chi connectivity index (χ4v) is 8.58. The first-order valence-corrected chi connectivity index (χ1v) is 11.3. The van der Waals surface area contributed by atoms with E-state index in [9.17, 15) is 4.79 Å². The van der Waals surface area contributed by atoms with Gasteiger partial charge in [0.05, 0.1) is 13.2 Å². The van der Waals surface area contributed by atoms with Gasteiger partial charge in [-0.05, 0) is 93.0 Å². The molecule has 0 aromatic carbocycles. The first-order chi connectivity index (χ1) is 12.8. The second-order valence-electron chi connectivity index (χ2n) is 10.7. The zero-order valence-corrected chi connectivity index (χ0v) is 17.6. The molecule has 3 saturated carbocycles. The fourth-order valence-electron chi connectivity index (χ4n) is 8.58. The van der Waals surface area contributed by atoms with Gasteiger partial charge in [0.2, 0.25) is 0 Å². The lowest BCUT2D eigenvalue weighted by Gasteiger charge is -2.59. The third-order valence-electron chi connectivity index (χ3n) is 9.91. The topological polar surface area (TPSA) is 35.5 Å². The van der Waals surface area contributed by atoms with E-state index in [0.29, 0.717) is 17.1 Å². The third kappa shape index (κ3) is 2.37. The summed E-state index contributed by atoms with van der Waals surface area (Å²) in [6.45, 7) is 10.8. The lowest BCUT2D eigenvalue weighted by Crippen LogP contribution is -2.53. The Bertz CT molecular complexity index is 688. The van der Waals surface area contributed by atoms with E-state index in [1.165, 1.54) is 37.7 Å². The van der Waals surface area contributed by atoms with Crippen LogP contribution < -0.4 is 0 Å². The van der Waals surface area contributed by atoms with Crippen molar-refractivity contribution in [1.29, 1.82) is 0 Å². The van der Waals surface area contributed by atoms with Gasteiger partial charge in [0, 0.05) is 12.3 Å². The molecule has 0 radical (unpaired) electrons. The van der Waals surface area contributed by atoms with Gasteiger partial charge < -0.3 is 9.47 Å². The molecule has 1 saturated heterocycles. The predicted octanol–water partition coefficient (Wildman–Crippen LogP) is 5.29. The molecule has 1 heterocycles. The van der Waals surface area contributed by atoms with Crippen molar-refractivity contribution in [1.82, 2.24) is 0 Å². The van der Waals surface area contributed by atoms with Gasteiger partial charge in [0.1, 0.15) is 0 Å². The highest BCUT2D eigenvalue weighted by atomic mass is 16.7. The Morgan fingerprint density at radius 2 is 1.63 bits per heavy atom. The van der Waals surface area contributed by atoms with Crippen molar-refractivity contribution in [2.75, 3.05) is 13.2 Å². The minimum absolute atomic E-state index is 0.268. The standard InChI is InChI=1S/C24H36O3/c1-15-17-6-5-16-18-7-8-21(24(4)26-13-14-27-24)23(18,3)11-9-19(16)22(17,2)12-10-20(15)25/h16,18-19,21H,5-14H2,1-4H3/t16-,18-,19-,21-,22-,23-/m0/s1. The summed E-state index contributed by atoms with van der Waals surface area (Å²) in [7, 11) is 0. The summed E-state index contributed by atoms with van der Waals surface area (Å²) in [5.41, 5.74) is 3.25. The maximum Gasteiger partial charge on any atom is 0.169 e. The molecule has 0 unspecified atom stereocenters. The van der Waals surface area contributed by atoms with Gasteiger partial charge >= 0.3 is 0 Å². The Morgan fingerprint density at radius 3 is 2.37 bits per heavy atom. The molecule has 0 N–H and O–H groups in total. The summed E-state index contributed by atoms with van der Waals surface area (Å²) in [5.74, 6) is 2.94. The van der Waals surface area contributed by atoms with Crippen LogP contribution in [-0.2, 0) is 14.3 Å². The van der Waals surface area contributed by atoms with Gasteiger partial charge in [-0.1, -0.05) is 19.4 Å². The largest absolute Gasteiger partial charge is 0.348 e. The number of rotatable bonds is 1. The van der Waals surface area contributed by atoms with Crippen LogP contribution in [0.5, 0.6) is 0 Å². The van der Waals surface area contributed by atoms with Gasteiger partial charge in [0.25, 0.3) is 0 Å². The number of fused-ring (bicyclic) bond motifs is 5. The monoisotopic (exact) mass is 372 g/mol. The van der Waals surface area contributed by atoms with Gasteiger partial charge in [0.15, 0.2) is 11.6 Å². The molecular formula is C24H36O3. The summed E-state index contributed by atoms with van der Waals surface area (Å²) in [6.07, 6.45) is 9.46. The fraction of sp³-hybridized carbons (Fsp3) is 0.875. The van der Waals surface area contributed by atoms with Gasteiger partial charge in [-0.25, -0.2) is 0 Å². The van der Waals surface area contributed by atoms with Crippen LogP contribution in [0.1, 0.15) is 79.1 Å². The van der Waals surface area contributed by atoms with E-state index in [1.807, 2.05) is 0 Å². The van der Waals surface area contributed by atoms with E-state index in [2.05, 4.69) is 27.7 Å². The second-order valence-corrected chi connectivity index (χ2v) is 10.7. The van der Waals surface area contributed by atoms with E-state index in [1.54, 1.807) is 0 Å². The van der Waals surface area contributed by atoms with Crippen molar-refractivity contribution in [3.63, 3.8) is 0 Å². The number of carbonyl (C=O) groups excluding carboxylic acids is 1. The predicted molar refractivity (Wildman–Crippen MR) is 105 cm³/mol. The molecule has 5 aliphatic rings. The molecule has 0 aromatic heterocycles. The molecule has 4 fully saturated rings. The molecule has 1 aliphatic heterocycles. The summed E-state index contributed by atoms with van der Waals surface area (Å²) in [4.78, 5) is 12.3. The van der Waals surface area contributed by atoms with Crippen molar-refractivity contribution in [3.8, 4) is 0 Å². The van der Waals surface area contributed by atoms with E-state index in [4.69, 9.17) is 9.47 Å². The highest BCUT2D eigenvalue weighted by Crippen LogP contribution is 2.68. The van der Waals surface area contributed by atoms with Gasteiger partial charge in [-0.2, -0.15) is 0 Å². The molecule has 6 atom stereocenters. The Morgan fingerprint density at radius 1 is 0.889 bits per heavy atom. The average molecular weight is 373 g/mol. The number of hydrogen-bond acceptors (Lipinski definition) is 3. The Kier molecular flexibility index (Phi) is 4.03. The van der Waals surface area contributed by atoms with Gasteiger partial charge in [-0.3, -0.25) is 4.79 Å². The quantitative estimate of drug-likeness (QED) is 0.627. The van der Waals surface area contributed by atoms with Crippen LogP contribution in [0.25, 0.3) is 0 Å². The van der Waals surface area contributed by atoms with Crippen LogP contribution in [-0.4, -0.2) is 24.8 Å². The molecule has 0 amide bonds. The molecule has 150 valence electrons. The van der Waals surface area contributed by atoms with Crippen molar-refractivity contribution < 1.29 is 14.3 Å². The zero-order chi connectivity index (χ0) is 19.0. The summed E-state index contributed by atoms with van der Waals surface area (Å²) in [6, 6.07) is 0. The molecule has 0 bridgehead atoms. The molecule has 27 heavy (non-hydrogen) atoms. The lowest BCUT2D eigenvalue weighted by atomic mass is 9.46. The number of Topliss-reactive ketones (excluding diaryl/α,β-unsaturated/α-hetero) is 1. The van der Waals surface area contributed by atoms with Crippen molar-refractivity contribution in [3.05, 3.63) is 11.1 Å². The second kappa shape index (κ2) is 5.92. The smallest absolute Gasteiger partial charge is 0.169 e. The van der Waals surface area contributed by atoms with E-state index in [-0.39, 0.29) is 11.2 Å². The Hall–Kier alpha value is -0.670. The molecule has 3 heteroatoms. The molecule has 3 nitrogen and oxygen atoms in total. The van der Waals surface area contributed by atoms with Crippen LogP contribution in [0.2, 0.25) is 0 Å². The minimum atomic E-state index is -0.367. The highest BCUT2D eigenvalue weighted by molar-refractivity contribution is 5.96. The Balaban J connectivity index is 1.47. The van der Waals surface area contributed by atoms with Crippen LogP contribution in [0.4, 0.5) is 0 Å². The molecule has 0 spiro atoms. The zero-order valence-electron chi connectivity index (χ0n) is 17.6. The van der Waals surface area contributed by atoms with E-state index in [0.717, 1.165) is 55.8 Å².